The van der Waals surface area contributed by atoms with Gasteiger partial charge >= 0.3 is 8.80 Å². The molecule has 0 N–H and O–H groups in total. The molecule has 0 rings (SSSR count). The Labute approximate surface area is 149 Å². The molecule has 0 spiro atoms. The highest BCUT2D eigenvalue weighted by Gasteiger charge is 2.54. The van der Waals surface area contributed by atoms with Gasteiger partial charge in [-0.3, -0.25) is 0 Å². The van der Waals surface area contributed by atoms with Gasteiger partial charge in [-0.15, -0.1) is 0 Å². The maximum atomic E-state index is 6.73. The van der Waals surface area contributed by atoms with E-state index in [1.54, 1.807) is 7.11 Å². The van der Waals surface area contributed by atoms with E-state index in [2.05, 4.69) is 65.8 Å². The van der Waals surface area contributed by atoms with Crippen LogP contribution in [0, 0.1) is 6.92 Å². The zero-order valence-electron chi connectivity index (χ0n) is 17.0. The van der Waals surface area contributed by atoms with Crippen molar-refractivity contribution < 1.29 is 17.1 Å². The summed E-state index contributed by atoms with van der Waals surface area (Å²) in [5.41, 5.74) is 0.202. The molecule has 0 aromatic rings. The van der Waals surface area contributed by atoms with Crippen molar-refractivity contribution in [1.82, 2.24) is 0 Å². The minimum absolute atomic E-state index is 0.202. The molecule has 1 atom stereocenters. The van der Waals surface area contributed by atoms with Gasteiger partial charge in [-0.2, -0.15) is 0 Å². The van der Waals surface area contributed by atoms with Gasteiger partial charge in [-0.05, 0) is 71.8 Å². The van der Waals surface area contributed by atoms with Crippen LogP contribution < -0.4 is 0 Å². The summed E-state index contributed by atoms with van der Waals surface area (Å²) in [7, 11) is -6.56. The van der Waals surface area contributed by atoms with Crippen LogP contribution in [0.4, 0.5) is 0 Å². The van der Waals surface area contributed by atoms with Gasteiger partial charge in [-0.25, -0.2) is 0 Å². The lowest BCUT2D eigenvalue weighted by atomic mass is 10.2. The minimum Gasteiger partial charge on any atom is -0.417 e. The fraction of sp³-hybridized carbons (Fsp3) is 0.933. The van der Waals surface area contributed by atoms with E-state index in [1.165, 1.54) is 0 Å². The first-order chi connectivity index (χ1) is 10.1. The third-order valence-electron chi connectivity index (χ3n) is 2.86. The Hall–Kier alpha value is 0.708. The zero-order valence-corrected chi connectivity index (χ0v) is 21.0. The summed E-state index contributed by atoms with van der Waals surface area (Å²) in [6, 6.07) is 0. The topological polar surface area (TPSA) is 36.9 Å². The molecule has 0 aliphatic heterocycles. The lowest BCUT2D eigenvalue weighted by Gasteiger charge is -2.46. The molecule has 0 aliphatic carbocycles. The van der Waals surface area contributed by atoms with Gasteiger partial charge in [0.05, 0.1) is 0 Å². The molecule has 0 saturated carbocycles. The Bertz CT molecular complexity index is 304. The summed E-state index contributed by atoms with van der Waals surface area (Å²) in [6.45, 7) is 24.8. The summed E-state index contributed by atoms with van der Waals surface area (Å²) in [5.74, 6) is 0. The largest absolute Gasteiger partial charge is 0.472 e. The predicted molar refractivity (Wildman–Crippen MR) is 109 cm³/mol. The summed E-state index contributed by atoms with van der Waals surface area (Å²) in [5, 5.41) is 0. The van der Waals surface area contributed by atoms with E-state index < -0.39 is 33.8 Å². The lowest BCUT2D eigenvalue weighted by Crippen LogP contribution is -2.63. The van der Waals surface area contributed by atoms with E-state index in [1.807, 2.05) is 0 Å². The average molecular weight is 396 g/mol. The third-order valence-corrected chi connectivity index (χ3v) is 15.2. The van der Waals surface area contributed by atoms with Crippen LogP contribution in [0.2, 0.25) is 64.5 Å². The number of hydrogen-bond acceptors (Lipinski definition) is 4. The second-order valence-corrected chi connectivity index (χ2v) is 26.2. The van der Waals surface area contributed by atoms with Crippen LogP contribution in [-0.2, 0) is 17.1 Å². The Kier molecular flexibility index (Phi) is 9.16. The van der Waals surface area contributed by atoms with Gasteiger partial charge in [0.15, 0.2) is 25.0 Å². The molecule has 23 heavy (non-hydrogen) atoms. The molecule has 1 radical (unpaired) electrons. The van der Waals surface area contributed by atoms with Crippen LogP contribution in [-0.4, -0.2) is 47.5 Å². The number of hydrogen-bond donors (Lipinski definition) is 0. The maximum Gasteiger partial charge on any atom is 0.472 e. The van der Waals surface area contributed by atoms with E-state index in [9.17, 15) is 0 Å². The first-order valence-electron chi connectivity index (χ1n) is 8.53. The van der Waals surface area contributed by atoms with Gasteiger partial charge in [0.2, 0.25) is 0 Å². The van der Waals surface area contributed by atoms with Crippen molar-refractivity contribution in [3.05, 3.63) is 6.92 Å². The Morgan fingerprint density at radius 1 is 0.739 bits per heavy atom. The van der Waals surface area contributed by atoms with Crippen molar-refractivity contribution in [1.29, 1.82) is 0 Å². The monoisotopic (exact) mass is 395 g/mol. The third kappa shape index (κ3) is 10.3. The zero-order chi connectivity index (χ0) is 18.5. The molecule has 139 valence electrons. The van der Waals surface area contributed by atoms with Crippen molar-refractivity contribution in [2.75, 3.05) is 13.7 Å². The van der Waals surface area contributed by atoms with Crippen LogP contribution in [0.25, 0.3) is 0 Å². The normalized spacial score (nSPS) is 15.8. The first-order valence-corrected chi connectivity index (χ1v) is 20.6. The first kappa shape index (κ1) is 23.7. The Morgan fingerprint density at radius 2 is 1.09 bits per heavy atom. The fourth-order valence-corrected chi connectivity index (χ4v) is 17.0. The highest BCUT2D eigenvalue weighted by molar-refractivity contribution is 6.90. The number of rotatable bonds is 11. The van der Waals surface area contributed by atoms with Crippen LogP contribution >= 0.6 is 0 Å². The summed E-state index contributed by atoms with van der Waals surface area (Å²) >= 11 is 0. The second-order valence-electron chi connectivity index (χ2n) is 9.01. The quantitative estimate of drug-likeness (QED) is 0.455. The molecule has 0 heterocycles. The van der Waals surface area contributed by atoms with E-state index in [0.717, 1.165) is 12.8 Å². The molecule has 1 unspecified atom stereocenters. The van der Waals surface area contributed by atoms with E-state index in [0.29, 0.717) is 6.61 Å². The van der Waals surface area contributed by atoms with E-state index in [4.69, 9.17) is 17.1 Å². The van der Waals surface area contributed by atoms with Crippen molar-refractivity contribution >= 4 is 33.8 Å². The maximum absolute atomic E-state index is 6.73. The van der Waals surface area contributed by atoms with Crippen molar-refractivity contribution in [3.8, 4) is 0 Å². The van der Waals surface area contributed by atoms with Crippen LogP contribution in [0.3, 0.4) is 0 Å². The highest BCUT2D eigenvalue weighted by Crippen LogP contribution is 2.38. The average Bonchev–Trinajstić information content (AvgIpc) is 2.21. The summed E-state index contributed by atoms with van der Waals surface area (Å²) in [6.07, 6.45) is 1.64. The van der Waals surface area contributed by atoms with Gasteiger partial charge in [0.25, 0.3) is 0 Å². The molecular weight excluding hydrogens is 357 g/mol. The highest BCUT2D eigenvalue weighted by atomic mass is 28.5. The van der Waals surface area contributed by atoms with Crippen LogP contribution in [0.5, 0.6) is 0 Å². The van der Waals surface area contributed by atoms with Gasteiger partial charge in [0, 0.05) is 19.3 Å². The lowest BCUT2D eigenvalue weighted by molar-refractivity contribution is 0.174. The number of methoxy groups -OCH3 is 1. The molecule has 4 nitrogen and oxygen atoms in total. The molecule has 0 bridgehead atoms. The fourth-order valence-electron chi connectivity index (χ4n) is 2.35. The van der Waals surface area contributed by atoms with Crippen molar-refractivity contribution in [2.24, 2.45) is 0 Å². The number of ether oxygens (including phenoxy) is 1. The molecule has 0 aromatic carbocycles. The second kappa shape index (κ2) is 8.88. The summed E-state index contributed by atoms with van der Waals surface area (Å²) < 4.78 is 25.5. The minimum atomic E-state index is -2.83. The molecule has 8 heteroatoms. The van der Waals surface area contributed by atoms with Gasteiger partial charge < -0.3 is 17.1 Å². The van der Waals surface area contributed by atoms with E-state index in [-0.39, 0.29) is 5.54 Å². The van der Waals surface area contributed by atoms with E-state index >= 15 is 0 Å². The SMILES string of the molecule is [CH2]CC(CCOC)[Si](O[Si](C)(C)C)(O[Si](C)(C)C)O[Si](C)(C)C. The van der Waals surface area contributed by atoms with Crippen LogP contribution in [0.1, 0.15) is 12.8 Å². The smallest absolute Gasteiger partial charge is 0.417 e. The molecule has 0 fully saturated rings. The van der Waals surface area contributed by atoms with Crippen molar-refractivity contribution in [3.63, 3.8) is 0 Å². The van der Waals surface area contributed by atoms with Gasteiger partial charge in [-0.1, -0.05) is 6.92 Å². The Morgan fingerprint density at radius 3 is 1.30 bits per heavy atom. The predicted octanol–water partition coefficient (Wildman–Crippen LogP) is 5.11. The van der Waals surface area contributed by atoms with Crippen molar-refractivity contribution in [2.45, 2.75) is 77.3 Å². The molecule has 0 aromatic heterocycles. The summed E-state index contributed by atoms with van der Waals surface area (Å²) in [4.78, 5) is 0. The standard InChI is InChI=1S/C15H39O4Si4/c1-12-15(13-14-16-2)23(17-20(3,4)5,18-21(6,7)8)19-22(9,10)11/h15H,1,12-14H2,2-11H3. The molecule has 0 aliphatic rings. The molecule has 0 amide bonds. The Balaban J connectivity index is 5.87. The molecule has 0 saturated heterocycles. The molecular formula is C15H39O4Si4. The van der Waals surface area contributed by atoms with Gasteiger partial charge in [0.1, 0.15) is 0 Å². The van der Waals surface area contributed by atoms with Crippen LogP contribution in [0.15, 0.2) is 0 Å².